The molecular weight excluding hydrogens is 386 g/mol. The predicted octanol–water partition coefficient (Wildman–Crippen LogP) is 5.94. The maximum Gasteiger partial charge on any atom is 0.284 e. The molecule has 0 spiro atoms. The second-order valence-electron chi connectivity index (χ2n) is 6.04. The van der Waals surface area contributed by atoms with Crippen molar-refractivity contribution >= 4 is 17.4 Å². The van der Waals surface area contributed by atoms with Gasteiger partial charge in [0.25, 0.3) is 10.9 Å². The monoisotopic (exact) mass is 399 g/mol. The van der Waals surface area contributed by atoms with E-state index in [4.69, 9.17) is 9.68 Å². The smallest absolute Gasteiger partial charge is 0.284 e. The van der Waals surface area contributed by atoms with Crippen LogP contribution in [0.4, 0.5) is 5.69 Å². The summed E-state index contributed by atoms with van der Waals surface area (Å²) in [6.45, 7) is 0. The Bertz CT molecular complexity index is 1160. The van der Waals surface area contributed by atoms with Crippen LogP contribution < -0.4 is 0 Å². The van der Waals surface area contributed by atoms with Crippen molar-refractivity contribution in [1.29, 1.82) is 5.26 Å². The molecule has 3 aromatic carbocycles. The molecule has 29 heavy (non-hydrogen) atoms. The third-order valence-electron chi connectivity index (χ3n) is 4.17. The highest BCUT2D eigenvalue weighted by molar-refractivity contribution is 7.99. The van der Waals surface area contributed by atoms with Gasteiger partial charge in [-0.15, -0.1) is 0 Å². The van der Waals surface area contributed by atoms with Gasteiger partial charge < -0.3 is 4.42 Å². The molecule has 0 amide bonds. The molecule has 4 rings (SSSR count). The van der Waals surface area contributed by atoms with Crippen LogP contribution in [0.2, 0.25) is 0 Å². The zero-order chi connectivity index (χ0) is 20.2. The molecule has 0 unspecified atom stereocenters. The molecule has 0 saturated carbocycles. The van der Waals surface area contributed by atoms with Gasteiger partial charge in [0.15, 0.2) is 5.76 Å². The van der Waals surface area contributed by atoms with Crippen LogP contribution in [0, 0.1) is 21.4 Å². The first-order valence-corrected chi connectivity index (χ1v) is 9.45. The number of hydrogen-bond acceptors (Lipinski definition) is 6. The van der Waals surface area contributed by atoms with E-state index in [9.17, 15) is 10.1 Å². The third-order valence-corrected chi connectivity index (χ3v) is 5.09. The number of hydrogen-bond donors (Lipinski definition) is 0. The summed E-state index contributed by atoms with van der Waals surface area (Å²) in [5.41, 5.74) is 2.48. The molecule has 0 atom stereocenters. The molecule has 140 valence electrons. The van der Waals surface area contributed by atoms with Crippen LogP contribution in [0.5, 0.6) is 0 Å². The van der Waals surface area contributed by atoms with Gasteiger partial charge in [0.2, 0.25) is 0 Å². The zero-order valence-electron chi connectivity index (χ0n) is 15.0. The quantitative estimate of drug-likeness (QED) is 0.304. The van der Waals surface area contributed by atoms with Gasteiger partial charge in [0, 0.05) is 17.2 Å². The summed E-state index contributed by atoms with van der Waals surface area (Å²) in [7, 11) is 0. The van der Waals surface area contributed by atoms with Crippen LogP contribution in [0.25, 0.3) is 22.6 Å². The fourth-order valence-corrected chi connectivity index (χ4v) is 3.66. The number of benzene rings is 3. The Morgan fingerprint density at radius 3 is 2.24 bits per heavy atom. The van der Waals surface area contributed by atoms with Crippen LogP contribution in [0.15, 0.2) is 93.4 Å². The van der Waals surface area contributed by atoms with Crippen molar-refractivity contribution in [3.63, 3.8) is 0 Å². The molecule has 0 saturated heterocycles. The van der Waals surface area contributed by atoms with Crippen molar-refractivity contribution in [2.45, 2.75) is 10.1 Å². The van der Waals surface area contributed by atoms with Gasteiger partial charge >= 0.3 is 0 Å². The first-order valence-electron chi connectivity index (χ1n) is 8.64. The molecule has 0 bridgehead atoms. The fraction of sp³-hybridized carbons (Fsp3) is 0. The second kappa shape index (κ2) is 8.00. The number of aromatic nitrogens is 1. The normalized spacial score (nSPS) is 10.4. The van der Waals surface area contributed by atoms with Crippen LogP contribution in [-0.4, -0.2) is 9.91 Å². The van der Waals surface area contributed by atoms with E-state index < -0.39 is 4.92 Å². The summed E-state index contributed by atoms with van der Waals surface area (Å²) >= 11 is 1.06. The summed E-state index contributed by atoms with van der Waals surface area (Å²) in [5, 5.41) is 20.7. The van der Waals surface area contributed by atoms with Crippen molar-refractivity contribution in [2.24, 2.45) is 0 Å². The predicted molar refractivity (Wildman–Crippen MR) is 109 cm³/mol. The van der Waals surface area contributed by atoms with Crippen molar-refractivity contribution in [3.8, 4) is 28.7 Å². The van der Waals surface area contributed by atoms with Gasteiger partial charge in [0.05, 0.1) is 21.5 Å². The van der Waals surface area contributed by atoms with Crippen molar-refractivity contribution in [3.05, 3.63) is 94.5 Å². The Balaban J connectivity index is 1.80. The van der Waals surface area contributed by atoms with Crippen LogP contribution in [-0.2, 0) is 0 Å². The highest BCUT2D eigenvalue weighted by Crippen LogP contribution is 2.40. The maximum absolute atomic E-state index is 11.4. The molecule has 1 aromatic heterocycles. The van der Waals surface area contributed by atoms with Crippen molar-refractivity contribution in [1.82, 2.24) is 4.98 Å². The Hall–Kier alpha value is -3.89. The summed E-state index contributed by atoms with van der Waals surface area (Å²) in [4.78, 5) is 15.9. The van der Waals surface area contributed by atoms with Crippen LogP contribution >= 0.6 is 11.8 Å². The summed E-state index contributed by atoms with van der Waals surface area (Å²) in [6.07, 6.45) is 0. The Kier molecular flexibility index (Phi) is 5.10. The van der Waals surface area contributed by atoms with Gasteiger partial charge in [0.1, 0.15) is 5.69 Å². The lowest BCUT2D eigenvalue weighted by Gasteiger charge is -2.01. The average molecular weight is 399 g/mol. The fourth-order valence-electron chi connectivity index (χ4n) is 2.83. The molecule has 4 aromatic rings. The molecule has 0 aliphatic rings. The molecule has 0 aliphatic carbocycles. The van der Waals surface area contributed by atoms with Gasteiger partial charge in [-0.1, -0.05) is 60.7 Å². The summed E-state index contributed by atoms with van der Waals surface area (Å²) in [6, 6.07) is 25.4. The number of nitro benzene ring substituents is 1. The summed E-state index contributed by atoms with van der Waals surface area (Å²) < 4.78 is 6.01. The molecule has 7 heteroatoms. The SMILES string of the molecule is N#Cc1ccc(Sc2nc(-c3ccccc3)c(-c3ccccc3)o2)c([N+](=O)[O-])c1. The van der Waals surface area contributed by atoms with E-state index in [1.165, 1.54) is 18.2 Å². The minimum absolute atomic E-state index is 0.158. The number of nitriles is 1. The van der Waals surface area contributed by atoms with E-state index in [0.717, 1.165) is 22.9 Å². The lowest BCUT2D eigenvalue weighted by Crippen LogP contribution is -1.92. The third kappa shape index (κ3) is 3.88. The largest absolute Gasteiger partial charge is 0.430 e. The standard InChI is InChI=1S/C22H13N3O3S/c23-14-15-11-12-19(18(13-15)25(26)27)29-22-24-20(16-7-3-1-4-8-16)21(28-22)17-9-5-2-6-10-17/h1-13H. The van der Waals surface area contributed by atoms with E-state index >= 15 is 0 Å². The van der Waals surface area contributed by atoms with Gasteiger partial charge in [-0.25, -0.2) is 4.98 Å². The van der Waals surface area contributed by atoms with E-state index in [1.54, 1.807) is 0 Å². The Morgan fingerprint density at radius 2 is 1.62 bits per heavy atom. The zero-order valence-corrected chi connectivity index (χ0v) is 15.8. The first kappa shape index (κ1) is 18.5. The molecule has 1 heterocycles. The van der Waals surface area contributed by atoms with Crippen molar-refractivity contribution in [2.75, 3.05) is 0 Å². The highest BCUT2D eigenvalue weighted by atomic mass is 32.2. The van der Waals surface area contributed by atoms with Gasteiger partial charge in [-0.2, -0.15) is 5.26 Å². The number of oxazole rings is 1. The number of nitrogens with zero attached hydrogens (tertiary/aromatic N) is 3. The minimum atomic E-state index is -0.512. The van der Waals surface area contributed by atoms with Crippen LogP contribution in [0.3, 0.4) is 0 Å². The molecule has 0 N–H and O–H groups in total. The van der Waals surface area contributed by atoms with E-state index in [2.05, 4.69) is 4.98 Å². The van der Waals surface area contributed by atoms with Gasteiger partial charge in [-0.3, -0.25) is 10.1 Å². The van der Waals surface area contributed by atoms with Gasteiger partial charge in [-0.05, 0) is 23.9 Å². The molecule has 0 radical (unpaired) electrons. The molecular formula is C22H13N3O3S. The lowest BCUT2D eigenvalue weighted by molar-refractivity contribution is -0.387. The number of rotatable bonds is 5. The van der Waals surface area contributed by atoms with Crippen molar-refractivity contribution < 1.29 is 9.34 Å². The summed E-state index contributed by atoms with van der Waals surface area (Å²) in [5.74, 6) is 0.593. The number of nitro groups is 1. The van der Waals surface area contributed by atoms with E-state index in [1.807, 2.05) is 66.7 Å². The Labute approximate surface area is 170 Å². The maximum atomic E-state index is 11.4. The first-order chi connectivity index (χ1) is 14.2. The van der Waals surface area contributed by atoms with E-state index in [0.29, 0.717) is 16.3 Å². The topological polar surface area (TPSA) is 93.0 Å². The van der Waals surface area contributed by atoms with Crippen LogP contribution in [0.1, 0.15) is 5.56 Å². The highest BCUT2D eigenvalue weighted by Gasteiger charge is 2.21. The minimum Gasteiger partial charge on any atom is -0.430 e. The average Bonchev–Trinajstić information content (AvgIpc) is 3.19. The second-order valence-corrected chi connectivity index (χ2v) is 7.04. The Morgan fingerprint density at radius 1 is 0.966 bits per heavy atom. The molecule has 6 nitrogen and oxygen atoms in total. The molecule has 0 fully saturated rings. The lowest BCUT2D eigenvalue weighted by atomic mass is 10.1. The van der Waals surface area contributed by atoms with E-state index in [-0.39, 0.29) is 16.5 Å². The molecule has 0 aliphatic heterocycles.